The number of hydrogen-bond acceptors (Lipinski definition) is 4. The van der Waals surface area contributed by atoms with E-state index < -0.39 is 0 Å². The predicted molar refractivity (Wildman–Crippen MR) is 95.7 cm³/mol. The molecule has 2 N–H and O–H groups in total. The molecule has 1 amide bonds. The van der Waals surface area contributed by atoms with Crippen LogP contribution in [0.3, 0.4) is 0 Å². The second kappa shape index (κ2) is 7.56. The number of fused-ring (bicyclic) bond motifs is 1. The summed E-state index contributed by atoms with van der Waals surface area (Å²) in [6.07, 6.45) is 1.06. The van der Waals surface area contributed by atoms with E-state index in [1.54, 1.807) is 0 Å². The van der Waals surface area contributed by atoms with Crippen molar-refractivity contribution in [2.75, 3.05) is 46.1 Å². The molecule has 2 aliphatic heterocycles. The fourth-order valence-electron chi connectivity index (χ4n) is 3.85. The first-order valence-corrected chi connectivity index (χ1v) is 9.07. The van der Waals surface area contributed by atoms with Crippen molar-refractivity contribution in [2.45, 2.75) is 12.5 Å². The van der Waals surface area contributed by atoms with E-state index in [9.17, 15) is 4.79 Å². The van der Waals surface area contributed by atoms with Crippen LogP contribution >= 0.6 is 0 Å². The number of morpholine rings is 1. The van der Waals surface area contributed by atoms with Gasteiger partial charge in [0.15, 0.2) is 0 Å². The van der Waals surface area contributed by atoms with E-state index in [1.165, 1.54) is 0 Å². The maximum Gasteiger partial charge on any atom is 0.267 e. The number of ether oxygens (including phenoxy) is 2. The van der Waals surface area contributed by atoms with Crippen molar-refractivity contribution >= 4 is 16.8 Å². The van der Waals surface area contributed by atoms with E-state index in [0.717, 1.165) is 56.8 Å². The van der Waals surface area contributed by atoms with Gasteiger partial charge in [-0.1, -0.05) is 18.2 Å². The van der Waals surface area contributed by atoms with Gasteiger partial charge in [-0.25, -0.2) is 0 Å². The summed E-state index contributed by atoms with van der Waals surface area (Å²) in [5, 5.41) is 4.18. The quantitative estimate of drug-likeness (QED) is 0.866. The maximum absolute atomic E-state index is 12.6. The van der Waals surface area contributed by atoms with Gasteiger partial charge in [0.25, 0.3) is 5.91 Å². The molecule has 0 radical (unpaired) electrons. The van der Waals surface area contributed by atoms with Gasteiger partial charge in [-0.15, -0.1) is 0 Å². The molecule has 2 aromatic rings. The second-order valence-corrected chi connectivity index (χ2v) is 6.82. The first-order chi connectivity index (χ1) is 12.3. The molecule has 25 heavy (non-hydrogen) atoms. The van der Waals surface area contributed by atoms with Crippen molar-refractivity contribution in [3.8, 4) is 0 Å². The Morgan fingerprint density at radius 2 is 2.08 bits per heavy atom. The van der Waals surface area contributed by atoms with Crippen molar-refractivity contribution in [1.29, 1.82) is 0 Å². The topological polar surface area (TPSA) is 66.6 Å². The third-order valence-electron chi connectivity index (χ3n) is 5.27. The zero-order chi connectivity index (χ0) is 17.1. The molecule has 0 saturated carbocycles. The van der Waals surface area contributed by atoms with Crippen LogP contribution in [0.1, 0.15) is 16.9 Å². The highest BCUT2D eigenvalue weighted by atomic mass is 16.5. The molecule has 6 heteroatoms. The van der Waals surface area contributed by atoms with E-state index >= 15 is 0 Å². The van der Waals surface area contributed by atoms with Crippen LogP contribution in [0.15, 0.2) is 30.3 Å². The molecule has 3 heterocycles. The second-order valence-electron chi connectivity index (χ2n) is 6.82. The minimum Gasteiger partial charge on any atom is -0.381 e. The van der Waals surface area contributed by atoms with Crippen LogP contribution < -0.4 is 5.32 Å². The number of aromatic nitrogens is 1. The molecular formula is C19H25N3O3. The van der Waals surface area contributed by atoms with Crippen LogP contribution in [0.5, 0.6) is 0 Å². The lowest BCUT2D eigenvalue weighted by molar-refractivity contribution is 0.00165. The number of aromatic amines is 1. The van der Waals surface area contributed by atoms with E-state index in [-0.39, 0.29) is 5.91 Å². The summed E-state index contributed by atoms with van der Waals surface area (Å²) in [6.45, 7) is 5.61. The highest BCUT2D eigenvalue weighted by molar-refractivity contribution is 5.97. The molecule has 1 aromatic carbocycles. The Morgan fingerprint density at radius 1 is 1.24 bits per heavy atom. The molecule has 1 aromatic heterocycles. The minimum absolute atomic E-state index is 0.0478. The summed E-state index contributed by atoms with van der Waals surface area (Å²) in [7, 11) is 0. The first-order valence-electron chi connectivity index (χ1n) is 9.07. The van der Waals surface area contributed by atoms with E-state index in [2.05, 4.69) is 15.2 Å². The molecule has 6 nitrogen and oxygen atoms in total. The number of nitrogens with one attached hydrogen (secondary N) is 2. The van der Waals surface area contributed by atoms with E-state index in [0.29, 0.717) is 24.2 Å². The first kappa shape index (κ1) is 16.6. The molecule has 0 aliphatic carbocycles. The van der Waals surface area contributed by atoms with Crippen molar-refractivity contribution < 1.29 is 14.3 Å². The van der Waals surface area contributed by atoms with Crippen LogP contribution in [0.25, 0.3) is 10.9 Å². The number of hydrogen-bond donors (Lipinski definition) is 2. The lowest BCUT2D eigenvalue weighted by Gasteiger charge is -2.37. The van der Waals surface area contributed by atoms with Gasteiger partial charge in [0.1, 0.15) is 5.69 Å². The van der Waals surface area contributed by atoms with Gasteiger partial charge in [0.2, 0.25) is 0 Å². The third kappa shape index (κ3) is 3.71. The Balaban J connectivity index is 1.43. The highest BCUT2D eigenvalue weighted by Crippen LogP contribution is 2.22. The number of nitrogens with zero attached hydrogens (tertiary/aromatic N) is 1. The summed E-state index contributed by atoms with van der Waals surface area (Å²) >= 11 is 0. The summed E-state index contributed by atoms with van der Waals surface area (Å²) in [5.74, 6) is 0.425. The standard InChI is InChI=1S/C19H25N3O3/c23-19(17-11-14-3-1-2-4-16(14)21-17)20-12-18(15-5-8-25-13-15)22-6-9-24-10-7-22/h1-4,11,15,18,21H,5-10,12-13H2,(H,20,23)/t15-,18-/m1/s1. The SMILES string of the molecule is O=C(NC[C@H]([C@@H]1CCOC1)N1CCOCC1)c1cc2ccccc2[nH]1. The monoisotopic (exact) mass is 343 g/mol. The molecule has 0 spiro atoms. The van der Waals surface area contributed by atoms with Crippen LogP contribution in [0.2, 0.25) is 0 Å². The van der Waals surface area contributed by atoms with Gasteiger partial charge in [0, 0.05) is 49.1 Å². The Labute approximate surface area is 147 Å². The van der Waals surface area contributed by atoms with E-state index in [4.69, 9.17) is 9.47 Å². The average molecular weight is 343 g/mol. The molecule has 2 fully saturated rings. The van der Waals surface area contributed by atoms with Crippen molar-refractivity contribution in [3.63, 3.8) is 0 Å². The van der Waals surface area contributed by atoms with Crippen LogP contribution in [-0.2, 0) is 9.47 Å². The number of carbonyl (C=O) groups excluding carboxylic acids is 1. The Hall–Kier alpha value is -1.89. The normalized spacial score (nSPS) is 23.0. The minimum atomic E-state index is -0.0478. The number of H-pyrrole nitrogens is 1. The van der Waals surface area contributed by atoms with Crippen molar-refractivity contribution in [1.82, 2.24) is 15.2 Å². The molecular weight excluding hydrogens is 318 g/mol. The fraction of sp³-hybridized carbons (Fsp3) is 0.526. The number of rotatable bonds is 5. The van der Waals surface area contributed by atoms with Crippen molar-refractivity contribution in [2.24, 2.45) is 5.92 Å². The number of amides is 1. The van der Waals surface area contributed by atoms with Crippen LogP contribution in [0.4, 0.5) is 0 Å². The Morgan fingerprint density at radius 3 is 2.84 bits per heavy atom. The molecule has 0 bridgehead atoms. The van der Waals surface area contributed by atoms with Crippen molar-refractivity contribution in [3.05, 3.63) is 36.0 Å². The van der Waals surface area contributed by atoms with Gasteiger partial charge in [0.05, 0.1) is 19.8 Å². The smallest absolute Gasteiger partial charge is 0.267 e. The summed E-state index contributed by atoms with van der Waals surface area (Å²) in [4.78, 5) is 18.2. The van der Waals surface area contributed by atoms with Gasteiger partial charge >= 0.3 is 0 Å². The maximum atomic E-state index is 12.6. The molecule has 134 valence electrons. The lowest BCUT2D eigenvalue weighted by Crippen LogP contribution is -2.52. The lowest BCUT2D eigenvalue weighted by atomic mass is 9.97. The summed E-state index contributed by atoms with van der Waals surface area (Å²) in [5.41, 5.74) is 1.60. The molecule has 2 atom stereocenters. The third-order valence-corrected chi connectivity index (χ3v) is 5.27. The number of para-hydroxylation sites is 1. The van der Waals surface area contributed by atoms with Gasteiger partial charge in [-0.2, -0.15) is 0 Å². The number of benzene rings is 1. The Kier molecular flexibility index (Phi) is 5.01. The Bertz CT molecular complexity index is 685. The van der Waals surface area contributed by atoms with Gasteiger partial charge in [-0.3, -0.25) is 9.69 Å². The average Bonchev–Trinajstić information content (AvgIpc) is 3.32. The molecule has 0 unspecified atom stereocenters. The zero-order valence-electron chi connectivity index (χ0n) is 14.4. The highest BCUT2D eigenvalue weighted by Gasteiger charge is 2.31. The molecule has 2 saturated heterocycles. The summed E-state index contributed by atoms with van der Waals surface area (Å²) < 4.78 is 11.1. The fourth-order valence-corrected chi connectivity index (χ4v) is 3.85. The van der Waals surface area contributed by atoms with Gasteiger partial charge < -0.3 is 19.8 Å². The largest absolute Gasteiger partial charge is 0.381 e. The van der Waals surface area contributed by atoms with Gasteiger partial charge in [-0.05, 0) is 18.6 Å². The van der Waals surface area contributed by atoms with Crippen LogP contribution in [-0.4, -0.2) is 67.9 Å². The molecule has 4 rings (SSSR count). The molecule has 2 aliphatic rings. The van der Waals surface area contributed by atoms with Crippen LogP contribution in [0, 0.1) is 5.92 Å². The zero-order valence-corrected chi connectivity index (χ0v) is 14.4. The van der Waals surface area contributed by atoms with E-state index in [1.807, 2.05) is 30.3 Å². The summed E-state index contributed by atoms with van der Waals surface area (Å²) in [6, 6.07) is 10.2. The number of carbonyl (C=O) groups is 1. The predicted octanol–water partition coefficient (Wildman–Crippen LogP) is 1.64.